The number of hydrogen-bond donors (Lipinski definition) is 0. The summed E-state index contributed by atoms with van der Waals surface area (Å²) in [6.07, 6.45) is 7.64. The summed E-state index contributed by atoms with van der Waals surface area (Å²) in [4.78, 5) is 0. The molecule has 4 rings (SSSR count). The van der Waals surface area contributed by atoms with Gasteiger partial charge in [0.25, 0.3) is 0 Å². The molecule has 0 radical (unpaired) electrons. The topological polar surface area (TPSA) is 60.1 Å². The first-order valence-electron chi connectivity index (χ1n) is 9.05. The molecular formula is C20H23N3O2. The monoisotopic (exact) mass is 337 g/mol. The summed E-state index contributed by atoms with van der Waals surface area (Å²) >= 11 is 0. The van der Waals surface area contributed by atoms with Gasteiger partial charge >= 0.3 is 0 Å². The van der Waals surface area contributed by atoms with Crippen molar-refractivity contribution in [3.63, 3.8) is 0 Å². The van der Waals surface area contributed by atoms with E-state index in [9.17, 15) is 5.26 Å². The Bertz CT molecular complexity index is 801. The third-order valence-corrected chi connectivity index (χ3v) is 4.99. The average molecular weight is 337 g/mol. The highest BCUT2D eigenvalue weighted by Gasteiger charge is 2.32. The Hall–Kier alpha value is -2.32. The SMILES string of the molecule is Cc1cc(Oc2cn(C3CCCCO3)nc2C2CC2)cc(C)c1C#N. The van der Waals surface area contributed by atoms with E-state index in [0.29, 0.717) is 5.92 Å². The van der Waals surface area contributed by atoms with Gasteiger partial charge in [0.15, 0.2) is 5.75 Å². The number of rotatable bonds is 4. The Kier molecular flexibility index (Phi) is 4.22. The lowest BCUT2D eigenvalue weighted by Gasteiger charge is -2.22. The number of nitriles is 1. The molecule has 5 nitrogen and oxygen atoms in total. The normalized spacial score (nSPS) is 20.3. The Morgan fingerprint density at radius 1 is 1.20 bits per heavy atom. The van der Waals surface area contributed by atoms with Crippen LogP contribution in [0.1, 0.15) is 66.6 Å². The van der Waals surface area contributed by atoms with Gasteiger partial charge in [0.2, 0.25) is 0 Å². The van der Waals surface area contributed by atoms with Crippen molar-refractivity contribution in [1.82, 2.24) is 9.78 Å². The Morgan fingerprint density at radius 2 is 1.96 bits per heavy atom. The number of aromatic nitrogens is 2. The van der Waals surface area contributed by atoms with E-state index in [1.807, 2.05) is 36.9 Å². The summed E-state index contributed by atoms with van der Waals surface area (Å²) < 4.78 is 14.0. The Morgan fingerprint density at radius 3 is 2.56 bits per heavy atom. The fourth-order valence-corrected chi connectivity index (χ4v) is 3.47. The molecule has 0 N–H and O–H groups in total. The molecule has 1 saturated heterocycles. The van der Waals surface area contributed by atoms with Crippen LogP contribution >= 0.6 is 0 Å². The molecule has 0 amide bonds. The predicted octanol–water partition coefficient (Wildman–Crippen LogP) is 4.74. The zero-order chi connectivity index (χ0) is 17.4. The van der Waals surface area contributed by atoms with Crippen LogP contribution < -0.4 is 4.74 Å². The molecule has 1 saturated carbocycles. The molecule has 25 heavy (non-hydrogen) atoms. The van der Waals surface area contributed by atoms with Gasteiger partial charge in [-0.15, -0.1) is 0 Å². The standard InChI is InChI=1S/C20H23N3O2/c1-13-9-16(10-14(2)17(13)11-21)25-18-12-23(19-5-3-4-8-24-19)22-20(18)15-6-7-15/h9-10,12,15,19H,3-8H2,1-2H3. The van der Waals surface area contributed by atoms with E-state index in [-0.39, 0.29) is 6.23 Å². The number of benzene rings is 1. The molecule has 2 heterocycles. The van der Waals surface area contributed by atoms with E-state index in [2.05, 4.69) is 6.07 Å². The molecule has 1 aliphatic heterocycles. The summed E-state index contributed by atoms with van der Waals surface area (Å²) in [7, 11) is 0. The quantitative estimate of drug-likeness (QED) is 0.808. The smallest absolute Gasteiger partial charge is 0.168 e. The van der Waals surface area contributed by atoms with Gasteiger partial charge in [0.1, 0.15) is 17.7 Å². The minimum atomic E-state index is 0.0213. The van der Waals surface area contributed by atoms with E-state index >= 15 is 0 Å². The van der Waals surface area contributed by atoms with Gasteiger partial charge in [-0.3, -0.25) is 0 Å². The second kappa shape index (κ2) is 6.53. The van der Waals surface area contributed by atoms with Crippen LogP contribution in [0.25, 0.3) is 0 Å². The minimum absolute atomic E-state index is 0.0213. The molecule has 2 aliphatic rings. The van der Waals surface area contributed by atoms with Crippen molar-refractivity contribution in [3.05, 3.63) is 40.7 Å². The maximum absolute atomic E-state index is 9.23. The average Bonchev–Trinajstić information content (AvgIpc) is 3.36. The van der Waals surface area contributed by atoms with Crippen LogP contribution in [0, 0.1) is 25.2 Å². The van der Waals surface area contributed by atoms with E-state index in [4.69, 9.17) is 14.6 Å². The highest BCUT2D eigenvalue weighted by atomic mass is 16.5. The first kappa shape index (κ1) is 16.2. The fourth-order valence-electron chi connectivity index (χ4n) is 3.47. The van der Waals surface area contributed by atoms with Gasteiger partial charge in [-0.25, -0.2) is 4.68 Å². The second-order valence-corrected chi connectivity index (χ2v) is 7.10. The Labute approximate surface area is 148 Å². The number of ether oxygens (including phenoxy) is 2. The van der Waals surface area contributed by atoms with E-state index < -0.39 is 0 Å². The van der Waals surface area contributed by atoms with Crippen LogP contribution in [0.2, 0.25) is 0 Å². The van der Waals surface area contributed by atoms with Gasteiger partial charge in [-0.2, -0.15) is 10.4 Å². The summed E-state index contributed by atoms with van der Waals surface area (Å²) in [6, 6.07) is 6.11. The third kappa shape index (κ3) is 3.27. The van der Waals surface area contributed by atoms with Crippen LogP contribution in [0.3, 0.4) is 0 Å². The van der Waals surface area contributed by atoms with Gasteiger partial charge < -0.3 is 9.47 Å². The molecule has 1 atom stereocenters. The van der Waals surface area contributed by atoms with Crippen LogP contribution in [0.4, 0.5) is 0 Å². The molecule has 0 spiro atoms. The summed E-state index contributed by atoms with van der Waals surface area (Å²) in [5.41, 5.74) is 3.64. The van der Waals surface area contributed by atoms with Gasteiger partial charge in [-0.05, 0) is 69.2 Å². The summed E-state index contributed by atoms with van der Waals surface area (Å²) in [5, 5.41) is 14.0. The third-order valence-electron chi connectivity index (χ3n) is 4.99. The van der Waals surface area contributed by atoms with E-state index in [0.717, 1.165) is 53.3 Å². The van der Waals surface area contributed by atoms with Gasteiger partial charge in [-0.1, -0.05) is 0 Å². The van der Waals surface area contributed by atoms with Crippen molar-refractivity contribution >= 4 is 0 Å². The molecule has 0 bridgehead atoms. The maximum atomic E-state index is 9.23. The van der Waals surface area contributed by atoms with E-state index in [1.165, 1.54) is 19.3 Å². The molecule has 1 unspecified atom stereocenters. The molecule has 5 heteroatoms. The number of hydrogen-bond acceptors (Lipinski definition) is 4. The minimum Gasteiger partial charge on any atom is -0.454 e. The lowest BCUT2D eigenvalue weighted by molar-refractivity contribution is -0.0397. The lowest BCUT2D eigenvalue weighted by Crippen LogP contribution is -2.18. The highest BCUT2D eigenvalue weighted by Crippen LogP contribution is 2.45. The number of nitrogens with zero attached hydrogens (tertiary/aromatic N) is 3. The second-order valence-electron chi connectivity index (χ2n) is 7.10. The van der Waals surface area contributed by atoms with Crippen molar-refractivity contribution in [2.75, 3.05) is 6.61 Å². The zero-order valence-corrected chi connectivity index (χ0v) is 14.8. The molecule has 1 aliphatic carbocycles. The maximum Gasteiger partial charge on any atom is 0.168 e. The largest absolute Gasteiger partial charge is 0.454 e. The molecule has 2 fully saturated rings. The first-order valence-corrected chi connectivity index (χ1v) is 9.05. The molecule has 2 aromatic rings. The van der Waals surface area contributed by atoms with Crippen LogP contribution in [-0.4, -0.2) is 16.4 Å². The molecular weight excluding hydrogens is 314 g/mol. The lowest BCUT2D eigenvalue weighted by atomic mass is 10.0. The molecule has 1 aromatic carbocycles. The Balaban J connectivity index is 1.63. The molecule has 130 valence electrons. The van der Waals surface area contributed by atoms with E-state index in [1.54, 1.807) is 0 Å². The van der Waals surface area contributed by atoms with Crippen molar-refractivity contribution < 1.29 is 9.47 Å². The van der Waals surface area contributed by atoms with Crippen molar-refractivity contribution in [2.24, 2.45) is 0 Å². The molecule has 1 aromatic heterocycles. The zero-order valence-electron chi connectivity index (χ0n) is 14.8. The van der Waals surface area contributed by atoms with Crippen LogP contribution in [0.15, 0.2) is 18.3 Å². The first-order chi connectivity index (χ1) is 12.2. The fraction of sp³-hybridized carbons (Fsp3) is 0.500. The number of aryl methyl sites for hydroxylation is 2. The van der Waals surface area contributed by atoms with Crippen molar-refractivity contribution in [1.29, 1.82) is 5.26 Å². The van der Waals surface area contributed by atoms with Gasteiger partial charge in [0.05, 0.1) is 17.8 Å². The summed E-state index contributed by atoms with van der Waals surface area (Å²) in [6.45, 7) is 4.69. The van der Waals surface area contributed by atoms with Crippen molar-refractivity contribution in [3.8, 4) is 17.6 Å². The van der Waals surface area contributed by atoms with Gasteiger partial charge in [0, 0.05) is 12.5 Å². The highest BCUT2D eigenvalue weighted by molar-refractivity contribution is 5.49. The van der Waals surface area contributed by atoms with Crippen molar-refractivity contribution in [2.45, 2.75) is 58.1 Å². The van der Waals surface area contributed by atoms with Crippen LogP contribution in [-0.2, 0) is 4.74 Å². The predicted molar refractivity (Wildman–Crippen MR) is 93.7 cm³/mol. The summed E-state index contributed by atoms with van der Waals surface area (Å²) in [5.74, 6) is 2.08. The van der Waals surface area contributed by atoms with Crippen LogP contribution in [0.5, 0.6) is 11.5 Å².